The lowest BCUT2D eigenvalue weighted by Gasteiger charge is -2.59. The number of allylic oxidation sites excluding steroid dienone is 2. The molecule has 12 rings (SSSR count). The van der Waals surface area contributed by atoms with E-state index in [1.165, 1.54) is 27.4 Å². The van der Waals surface area contributed by atoms with Crippen LogP contribution in [0.1, 0.15) is 134 Å². The SMILES string of the molecule is CC[C@@]1(O[C@H]2C[C@H](OC)[C@@H](O)[C@H](C)O2)[C@H](O[C@@H]2C[C@H](O)[C@@H](N(C)C)[C@H](C)O2)C2=Cc3c(O)c4c(c(O)c3C2=C(O)[C@@H]1[C@H]1C(=O)c2c(c(=[N+]=[N-])c3c(O)c5c(=O)ccc(=O)c5c(O)c23)[C@@H](O[C@@H]2C[C@H](O)[C@@H](N(C)C)[C@H](C)O2)[C@@]1(CC)O[C@H]1C[C@H](OC)[C@@H](OC)[C@H](C)O1)C(=O)C=CC4=O. The van der Waals surface area contributed by atoms with Crippen molar-refractivity contribution in [1.82, 2.24) is 9.80 Å². The van der Waals surface area contributed by atoms with Gasteiger partial charge in [-0.3, -0.25) is 24.0 Å². The Kier molecular flexibility index (Phi) is 18.8. The van der Waals surface area contributed by atoms with Crippen LogP contribution >= 0.6 is 0 Å². The number of carbonyl (C=O) groups excluding carboxylic acids is 3. The molecule has 4 fully saturated rings. The number of aliphatic hydroxyl groups excluding tert-OH is 4. The van der Waals surface area contributed by atoms with E-state index >= 15 is 4.79 Å². The molecule has 28 heteroatoms. The molecule has 524 valence electrons. The van der Waals surface area contributed by atoms with Crippen LogP contribution in [0.25, 0.3) is 38.7 Å². The Morgan fingerprint density at radius 1 is 0.567 bits per heavy atom. The number of Topliss-reactive ketones (excluding diaryl/α,β-unsaturated/α-hetero) is 1. The highest BCUT2D eigenvalue weighted by atomic mass is 16.7. The van der Waals surface area contributed by atoms with Gasteiger partial charge in [-0.05, 0) is 105 Å². The van der Waals surface area contributed by atoms with Gasteiger partial charge in [0.2, 0.25) is 0 Å². The van der Waals surface area contributed by atoms with Crippen LogP contribution in [-0.2, 0) is 52.1 Å². The number of ether oxygens (including phenoxy) is 11. The standard InChI is InChI=1S/C69H84N4O24/c1-14-68(96-41-23-37(87-11)58(80)27(5)92-41)53(63(85)44-30(66(68)94-39-21-35(78)56(72(7)8)25(3)90-39)20-29-43(44)60(82)46-32(75)17-16-31(74)45(46)59(29)81)54-64(86)50-49-51(62(84)48-34(77)19-18-33(76)47(48)61(49)83)55(71-70)52(50)67(95-40-22-36(79)57(73(9)10)26(4)91-40)69(54,15-2)97-42-24-38(88-12)65(89-13)28(6)93-42/h16-20,25-28,35-42,53-54,56-58,65-67,78-85H,14-15,21-24H2,1-13H3/t25-,26-,27-,28-,35-,36-,37-,38-,39+,40+,41-,42-,53-,54-,56-,57-,58-,65-,66+,67+,68-,69-/m0/s1. The van der Waals surface area contributed by atoms with Gasteiger partial charge in [0, 0.05) is 74.7 Å². The zero-order valence-corrected chi connectivity index (χ0v) is 56.1. The van der Waals surface area contributed by atoms with Crippen LogP contribution in [0, 0.1) is 11.8 Å². The minimum atomic E-state index is -2.51. The number of rotatable bonds is 16. The number of ketones is 3. The molecule has 0 unspecified atom stereocenters. The fourth-order valence-electron chi connectivity index (χ4n) is 17.4. The molecular weight excluding hydrogens is 1270 g/mol. The zero-order valence-electron chi connectivity index (χ0n) is 56.1. The van der Waals surface area contributed by atoms with E-state index in [4.69, 9.17) is 52.1 Å². The number of aliphatic hydroxyl groups is 4. The first kappa shape index (κ1) is 70.1. The highest BCUT2D eigenvalue weighted by molar-refractivity contribution is 6.26. The second kappa shape index (κ2) is 26.1. The van der Waals surface area contributed by atoms with Crippen molar-refractivity contribution in [2.75, 3.05) is 49.5 Å². The molecule has 4 aromatic carbocycles. The van der Waals surface area contributed by atoms with Crippen LogP contribution < -0.4 is 16.2 Å². The summed E-state index contributed by atoms with van der Waals surface area (Å²) in [4.78, 5) is 81.2. The third kappa shape index (κ3) is 10.8. The summed E-state index contributed by atoms with van der Waals surface area (Å²) in [5.74, 6) is -11.7. The van der Waals surface area contributed by atoms with E-state index in [-0.39, 0.29) is 48.8 Å². The molecular formula is C69H84N4O24. The van der Waals surface area contributed by atoms with Gasteiger partial charge in [-0.2, -0.15) is 4.79 Å². The third-order valence-corrected chi connectivity index (χ3v) is 21.6. The second-order valence-electron chi connectivity index (χ2n) is 27.2. The third-order valence-electron chi connectivity index (χ3n) is 21.6. The Balaban J connectivity index is 1.24. The first-order valence-electron chi connectivity index (χ1n) is 32.7. The van der Waals surface area contributed by atoms with Crippen molar-refractivity contribution in [3.05, 3.63) is 100 Å². The molecule has 4 heterocycles. The Morgan fingerprint density at radius 2 is 1.05 bits per heavy atom. The van der Waals surface area contributed by atoms with Gasteiger partial charge in [0.15, 0.2) is 53.4 Å². The number of aromatic hydroxyl groups is 4. The van der Waals surface area contributed by atoms with Crippen LogP contribution in [0.3, 0.4) is 0 Å². The zero-order chi connectivity index (χ0) is 70.2. The average molecular weight is 1350 g/mol. The molecule has 0 saturated carbocycles. The molecule has 8 aliphatic rings. The predicted octanol–water partition coefficient (Wildman–Crippen LogP) is 3.59. The topological polar surface area (TPSA) is 392 Å². The molecule has 28 nitrogen and oxygen atoms in total. The number of methoxy groups -OCH3 is 3. The van der Waals surface area contributed by atoms with E-state index in [1.807, 2.05) is 0 Å². The molecule has 4 aromatic rings. The lowest BCUT2D eigenvalue weighted by molar-refractivity contribution is -0.351. The molecule has 4 aliphatic heterocycles. The number of benzene rings is 3. The summed E-state index contributed by atoms with van der Waals surface area (Å²) >= 11 is 0. The van der Waals surface area contributed by atoms with Crippen molar-refractivity contribution >= 4 is 50.5 Å². The van der Waals surface area contributed by atoms with E-state index < -0.39 is 252 Å². The van der Waals surface area contributed by atoms with Gasteiger partial charge >= 0.3 is 5.36 Å². The largest absolute Gasteiger partial charge is 0.511 e. The number of carbonyl (C=O) groups is 3. The number of phenols is 4. The summed E-state index contributed by atoms with van der Waals surface area (Å²) in [5.41, 5.74) is 1.39. The maximum atomic E-state index is 17.9. The molecule has 0 spiro atoms. The average Bonchev–Trinajstić information content (AvgIpc) is 1.60. The van der Waals surface area contributed by atoms with Crippen molar-refractivity contribution in [3.8, 4) is 23.0 Å². The number of phenolic OH excluding ortho intramolecular Hbond substituents is 4. The highest BCUT2D eigenvalue weighted by Gasteiger charge is 2.71. The van der Waals surface area contributed by atoms with Gasteiger partial charge in [0.1, 0.15) is 69.8 Å². The Hall–Kier alpha value is -6.77. The number of nitrogens with zero attached hydrogens (tertiary/aromatic N) is 4. The van der Waals surface area contributed by atoms with Crippen LogP contribution in [-0.4, -0.2) is 238 Å². The van der Waals surface area contributed by atoms with Gasteiger partial charge in [-0.25, -0.2) is 0 Å². The van der Waals surface area contributed by atoms with Crippen LogP contribution in [0.2, 0.25) is 0 Å². The monoisotopic (exact) mass is 1350 g/mol. The van der Waals surface area contributed by atoms with E-state index in [0.717, 1.165) is 24.3 Å². The molecule has 0 radical (unpaired) electrons. The van der Waals surface area contributed by atoms with E-state index in [2.05, 4.69) is 4.79 Å². The van der Waals surface area contributed by atoms with Crippen LogP contribution in [0.4, 0.5) is 0 Å². The predicted molar refractivity (Wildman–Crippen MR) is 341 cm³/mol. The molecule has 0 amide bonds. The van der Waals surface area contributed by atoms with Crippen molar-refractivity contribution in [2.45, 2.75) is 202 Å². The summed E-state index contributed by atoms with van der Waals surface area (Å²) in [6.07, 6.45) is -17.9. The summed E-state index contributed by atoms with van der Waals surface area (Å²) in [6, 6.07) is 0.506. The maximum absolute atomic E-state index is 17.9. The molecule has 0 aromatic heterocycles. The molecule has 22 atom stereocenters. The normalized spacial score (nSPS) is 36.7. The number of hydrogen-bond donors (Lipinski definition) is 8. The van der Waals surface area contributed by atoms with Crippen LogP contribution in [0.15, 0.2) is 45.2 Å². The molecule has 0 bridgehead atoms. The van der Waals surface area contributed by atoms with Crippen molar-refractivity contribution < 1.29 is 112 Å². The lowest BCUT2D eigenvalue weighted by atomic mass is 9.55. The summed E-state index contributed by atoms with van der Waals surface area (Å²) in [7, 11) is 11.3. The molecule has 4 saturated heterocycles. The van der Waals surface area contributed by atoms with Gasteiger partial charge in [-0.1, -0.05) is 13.8 Å². The van der Waals surface area contributed by atoms with Crippen LogP contribution in [0.5, 0.6) is 23.0 Å². The number of fused-ring (bicyclic) bond motifs is 8. The first-order chi connectivity index (χ1) is 46.0. The Labute approximate surface area is 556 Å². The minimum absolute atomic E-state index is 0.101. The fourth-order valence-corrected chi connectivity index (χ4v) is 17.4. The maximum Gasteiger partial charge on any atom is 0.333 e. The van der Waals surface area contributed by atoms with E-state index in [0.29, 0.717) is 0 Å². The quantitative estimate of drug-likeness (QED) is 0.0451. The fraction of sp³-hybridized carbons (Fsp3) is 0.594. The Morgan fingerprint density at radius 3 is 1.55 bits per heavy atom. The Bertz CT molecular complexity index is 4130. The summed E-state index contributed by atoms with van der Waals surface area (Å²) in [6.45, 7) is 9.90. The van der Waals surface area contributed by atoms with Gasteiger partial charge in [-0.15, -0.1) is 0 Å². The van der Waals surface area contributed by atoms with E-state index in [1.54, 1.807) is 79.5 Å². The van der Waals surface area contributed by atoms with Gasteiger partial charge in [0.05, 0.1) is 100 Å². The summed E-state index contributed by atoms with van der Waals surface area (Å²) in [5, 5.41) is 97.8. The molecule has 97 heavy (non-hydrogen) atoms. The van der Waals surface area contributed by atoms with Gasteiger partial charge < -0.3 is 108 Å². The smallest absolute Gasteiger partial charge is 0.333 e. The van der Waals surface area contributed by atoms with E-state index in [9.17, 15) is 65.6 Å². The molecule has 8 N–H and O–H groups in total. The van der Waals surface area contributed by atoms with Gasteiger partial charge in [0.25, 0.3) is 0 Å². The highest BCUT2D eigenvalue weighted by Crippen LogP contribution is 2.65. The second-order valence-corrected chi connectivity index (χ2v) is 27.2. The first-order valence-corrected chi connectivity index (χ1v) is 32.7. The minimum Gasteiger partial charge on any atom is -0.511 e. The van der Waals surface area contributed by atoms with Crippen molar-refractivity contribution in [3.63, 3.8) is 0 Å². The van der Waals surface area contributed by atoms with Crippen molar-refractivity contribution in [1.29, 1.82) is 0 Å². The summed E-state index contributed by atoms with van der Waals surface area (Å²) < 4.78 is 74.5. The van der Waals surface area contributed by atoms with Crippen molar-refractivity contribution in [2.24, 2.45) is 11.8 Å². The molecule has 4 aliphatic carbocycles. The number of likely N-dealkylation sites (N-methyl/N-ethyl adjacent to an activating group) is 2. The lowest BCUT2D eigenvalue weighted by Crippen LogP contribution is -2.68. The number of hydrogen-bond acceptors (Lipinski definition) is 26.